The highest BCUT2D eigenvalue weighted by Gasteiger charge is 2.66. The number of hydrogen-bond donors (Lipinski definition) is 3. The molecule has 0 spiro atoms. The summed E-state index contributed by atoms with van der Waals surface area (Å²) in [4.78, 5) is 49.0. The molecular formula is C18H19N3O7S. The standard InChI is InChI=1S/C18H19N3O7S/c1-27-18(20-12(22)7-10-5-3-2-4-6-10)15(25)21-13(14(23)24)11(8-28-17(19)26)9-29-16(18)21/h2-6,16H,7-9H2,1H3,(H2,19,26)(H,20,22)(H,23,24)/t16-,18?/m1/s1. The molecule has 2 heterocycles. The number of rotatable bonds is 7. The van der Waals surface area contributed by atoms with Gasteiger partial charge in [-0.2, -0.15) is 0 Å². The topological polar surface area (TPSA) is 148 Å². The van der Waals surface area contributed by atoms with Crippen molar-refractivity contribution in [1.29, 1.82) is 0 Å². The fourth-order valence-corrected chi connectivity index (χ4v) is 4.67. The Bertz CT molecular complexity index is 889. The normalized spacial score (nSPS) is 23.1. The number of nitrogens with one attached hydrogen (secondary N) is 1. The summed E-state index contributed by atoms with van der Waals surface area (Å²) < 4.78 is 10.0. The second kappa shape index (κ2) is 8.13. The van der Waals surface area contributed by atoms with E-state index in [0.717, 1.165) is 10.5 Å². The fourth-order valence-electron chi connectivity index (χ4n) is 3.25. The Labute approximate surface area is 170 Å². The van der Waals surface area contributed by atoms with Crippen LogP contribution in [-0.4, -0.2) is 64.5 Å². The van der Waals surface area contributed by atoms with Crippen molar-refractivity contribution in [3.05, 3.63) is 47.2 Å². The molecule has 3 amide bonds. The quantitative estimate of drug-likeness (QED) is 0.413. The average Bonchev–Trinajstić information content (AvgIpc) is 2.69. The number of ether oxygens (including phenoxy) is 2. The van der Waals surface area contributed by atoms with E-state index in [1.807, 2.05) is 6.07 Å². The van der Waals surface area contributed by atoms with E-state index in [2.05, 4.69) is 10.1 Å². The summed E-state index contributed by atoms with van der Waals surface area (Å²) in [5, 5.41) is 11.4. The molecule has 3 rings (SSSR count). The third kappa shape index (κ3) is 3.78. The number of nitrogens with zero attached hydrogens (tertiary/aromatic N) is 1. The summed E-state index contributed by atoms with van der Waals surface area (Å²) in [7, 11) is 1.27. The van der Waals surface area contributed by atoms with Gasteiger partial charge in [-0.1, -0.05) is 30.3 Å². The SMILES string of the molecule is COC1(NC(=O)Cc2ccccc2)C(=O)N2C(C(=O)O)=C(COC(N)=O)CS[C@@H]21. The number of amides is 3. The molecule has 2 atom stereocenters. The number of aliphatic carboxylic acids is 1. The maximum Gasteiger partial charge on any atom is 0.404 e. The van der Waals surface area contributed by atoms with Gasteiger partial charge in [0.25, 0.3) is 11.6 Å². The minimum atomic E-state index is -1.67. The molecule has 2 aliphatic rings. The highest BCUT2D eigenvalue weighted by atomic mass is 32.2. The molecule has 2 aliphatic heterocycles. The van der Waals surface area contributed by atoms with Gasteiger partial charge in [-0.25, -0.2) is 9.59 Å². The Hall–Kier alpha value is -3.05. The third-order valence-corrected chi connectivity index (χ3v) is 5.93. The molecule has 1 fully saturated rings. The van der Waals surface area contributed by atoms with Gasteiger partial charge >= 0.3 is 12.1 Å². The summed E-state index contributed by atoms with van der Waals surface area (Å²) in [6.45, 7) is -0.346. The number of carbonyl (C=O) groups excluding carboxylic acids is 3. The number of benzene rings is 1. The molecule has 154 valence electrons. The molecule has 0 bridgehead atoms. The maximum atomic E-state index is 12.9. The van der Waals surface area contributed by atoms with E-state index in [1.165, 1.54) is 18.9 Å². The van der Waals surface area contributed by atoms with Crippen LogP contribution in [0.2, 0.25) is 0 Å². The van der Waals surface area contributed by atoms with Crippen molar-refractivity contribution in [2.24, 2.45) is 5.73 Å². The van der Waals surface area contributed by atoms with Crippen molar-refractivity contribution >= 4 is 35.6 Å². The zero-order valence-electron chi connectivity index (χ0n) is 15.4. The van der Waals surface area contributed by atoms with Gasteiger partial charge in [-0.15, -0.1) is 11.8 Å². The molecule has 0 aromatic heterocycles. The lowest BCUT2D eigenvalue weighted by atomic mass is 9.97. The van der Waals surface area contributed by atoms with Gasteiger partial charge in [0.1, 0.15) is 17.7 Å². The number of carbonyl (C=O) groups is 4. The van der Waals surface area contributed by atoms with Crippen molar-refractivity contribution in [3.63, 3.8) is 0 Å². The van der Waals surface area contributed by atoms with E-state index in [1.54, 1.807) is 24.3 Å². The maximum absolute atomic E-state index is 12.9. The molecular weight excluding hydrogens is 402 g/mol. The zero-order chi connectivity index (χ0) is 21.2. The van der Waals surface area contributed by atoms with Crippen LogP contribution in [0.1, 0.15) is 5.56 Å². The number of fused-ring (bicyclic) bond motifs is 1. The van der Waals surface area contributed by atoms with Crippen molar-refractivity contribution in [2.45, 2.75) is 17.5 Å². The monoisotopic (exact) mass is 421 g/mol. The lowest BCUT2D eigenvalue weighted by Crippen LogP contribution is -2.80. The Morgan fingerprint density at radius 3 is 2.62 bits per heavy atom. The largest absolute Gasteiger partial charge is 0.477 e. The first-order valence-corrected chi connectivity index (χ1v) is 9.58. The Balaban J connectivity index is 1.80. The minimum Gasteiger partial charge on any atom is -0.477 e. The summed E-state index contributed by atoms with van der Waals surface area (Å²) in [6.07, 6.45) is -1.01. The van der Waals surface area contributed by atoms with Gasteiger partial charge < -0.3 is 25.6 Å². The number of carboxylic acid groups (broad SMARTS) is 1. The molecule has 10 nitrogen and oxygen atoms in total. The number of β-lactam (4-membered cyclic amide) rings is 1. The molecule has 0 aliphatic carbocycles. The van der Waals surface area contributed by atoms with Crippen LogP contribution in [0.3, 0.4) is 0 Å². The molecule has 11 heteroatoms. The first-order valence-electron chi connectivity index (χ1n) is 8.53. The highest BCUT2D eigenvalue weighted by Crippen LogP contribution is 2.46. The minimum absolute atomic E-state index is 0.0376. The smallest absolute Gasteiger partial charge is 0.404 e. The van der Waals surface area contributed by atoms with Gasteiger partial charge in [0, 0.05) is 18.4 Å². The van der Waals surface area contributed by atoms with Crippen LogP contribution in [0.15, 0.2) is 41.6 Å². The predicted molar refractivity (Wildman–Crippen MR) is 101 cm³/mol. The van der Waals surface area contributed by atoms with Crippen molar-refractivity contribution < 1.29 is 33.8 Å². The number of thioether (sulfide) groups is 1. The van der Waals surface area contributed by atoms with Crippen molar-refractivity contribution in [2.75, 3.05) is 19.5 Å². The second-order valence-corrected chi connectivity index (χ2v) is 7.42. The Kier molecular flexibility index (Phi) is 5.80. The van der Waals surface area contributed by atoms with Crippen LogP contribution >= 0.6 is 11.8 Å². The lowest BCUT2D eigenvalue weighted by molar-refractivity contribution is -0.192. The van der Waals surface area contributed by atoms with Crippen molar-refractivity contribution in [3.8, 4) is 0 Å². The molecule has 29 heavy (non-hydrogen) atoms. The molecule has 4 N–H and O–H groups in total. The van der Waals surface area contributed by atoms with E-state index in [-0.39, 0.29) is 30.1 Å². The van der Waals surface area contributed by atoms with Gasteiger partial charge in [0.15, 0.2) is 0 Å². The second-order valence-electron chi connectivity index (χ2n) is 6.35. The van der Waals surface area contributed by atoms with Gasteiger partial charge in [0.05, 0.1) is 6.42 Å². The van der Waals surface area contributed by atoms with Gasteiger partial charge in [-0.05, 0) is 5.56 Å². The van der Waals surface area contributed by atoms with E-state index in [0.29, 0.717) is 0 Å². The summed E-state index contributed by atoms with van der Waals surface area (Å²) in [6, 6.07) is 8.96. The van der Waals surface area contributed by atoms with Crippen LogP contribution < -0.4 is 11.1 Å². The average molecular weight is 421 g/mol. The van der Waals surface area contributed by atoms with E-state index in [4.69, 9.17) is 10.5 Å². The van der Waals surface area contributed by atoms with Gasteiger partial charge in [0.2, 0.25) is 5.91 Å². The van der Waals surface area contributed by atoms with E-state index in [9.17, 15) is 24.3 Å². The first-order chi connectivity index (χ1) is 13.8. The molecule has 0 saturated carbocycles. The summed E-state index contributed by atoms with van der Waals surface area (Å²) in [5.74, 6) is -2.35. The van der Waals surface area contributed by atoms with Crippen LogP contribution in [-0.2, 0) is 30.3 Å². The number of carboxylic acids is 1. The molecule has 1 saturated heterocycles. The molecule has 0 radical (unpaired) electrons. The van der Waals surface area contributed by atoms with Crippen molar-refractivity contribution in [1.82, 2.24) is 10.2 Å². The van der Waals surface area contributed by atoms with Crippen LogP contribution in [0.5, 0.6) is 0 Å². The predicted octanol–water partition coefficient (Wildman–Crippen LogP) is 0.0371. The van der Waals surface area contributed by atoms with E-state index < -0.39 is 35.0 Å². The van der Waals surface area contributed by atoms with Gasteiger partial charge in [-0.3, -0.25) is 14.5 Å². The number of primary amides is 1. The number of hydrogen-bond acceptors (Lipinski definition) is 7. The lowest BCUT2D eigenvalue weighted by Gasteiger charge is -2.55. The molecule has 1 unspecified atom stereocenters. The Morgan fingerprint density at radius 1 is 1.34 bits per heavy atom. The van der Waals surface area contributed by atoms with Crippen LogP contribution in [0, 0.1) is 0 Å². The molecule has 1 aromatic carbocycles. The summed E-state index contributed by atoms with van der Waals surface area (Å²) in [5.41, 5.74) is 3.94. The van der Waals surface area contributed by atoms with Crippen LogP contribution in [0.25, 0.3) is 0 Å². The summed E-state index contributed by atoms with van der Waals surface area (Å²) >= 11 is 1.19. The number of methoxy groups -OCH3 is 1. The Morgan fingerprint density at radius 2 is 2.03 bits per heavy atom. The zero-order valence-corrected chi connectivity index (χ0v) is 16.2. The van der Waals surface area contributed by atoms with Crippen LogP contribution in [0.4, 0.5) is 4.79 Å². The first kappa shape index (κ1) is 20.7. The molecule has 1 aromatic rings. The number of nitrogens with two attached hydrogens (primary N) is 1. The fraction of sp³-hybridized carbons (Fsp3) is 0.333. The third-order valence-electron chi connectivity index (χ3n) is 4.56. The highest BCUT2D eigenvalue weighted by molar-refractivity contribution is 8.00. The van der Waals surface area contributed by atoms with E-state index >= 15 is 0 Å².